The summed E-state index contributed by atoms with van der Waals surface area (Å²) < 4.78 is 36.0. The third-order valence-electron chi connectivity index (χ3n) is 13.5. The second-order valence-corrected chi connectivity index (χ2v) is 19.7. The van der Waals surface area contributed by atoms with Crippen molar-refractivity contribution in [1.29, 1.82) is 0 Å². The molecule has 1 N–H and O–H groups in total. The third kappa shape index (κ3) is 7.61. The number of nitrogens with one attached hydrogen (secondary N) is 1. The average Bonchev–Trinajstić information content (AvgIpc) is 4.03. The molecule has 1 aromatic heterocycles. The first-order chi connectivity index (χ1) is 28.1. The van der Waals surface area contributed by atoms with Crippen LogP contribution < -0.4 is 9.46 Å². The zero-order valence-electron chi connectivity index (χ0n) is 34.2. The normalized spacial score (nSPS) is 22.1. The lowest BCUT2D eigenvalue weighted by molar-refractivity contribution is -0.132. The van der Waals surface area contributed by atoms with Gasteiger partial charge in [-0.2, -0.15) is 0 Å². The molecule has 2 saturated heterocycles. The minimum atomic E-state index is -3.72. The Bertz CT molecular complexity index is 2330. The van der Waals surface area contributed by atoms with Crippen LogP contribution in [0.15, 0.2) is 72.3 Å². The van der Waals surface area contributed by atoms with Crippen LogP contribution >= 0.6 is 0 Å². The van der Waals surface area contributed by atoms with E-state index < -0.39 is 21.2 Å². The predicted molar refractivity (Wildman–Crippen MR) is 229 cm³/mol. The lowest BCUT2D eigenvalue weighted by Gasteiger charge is -2.44. The van der Waals surface area contributed by atoms with Crippen molar-refractivity contribution in [3.05, 3.63) is 94.6 Å². The second-order valence-electron chi connectivity index (χ2n) is 17.7. The largest absolute Gasteiger partial charge is 0.497 e. The van der Waals surface area contributed by atoms with Crippen molar-refractivity contribution in [2.75, 3.05) is 34.3 Å². The number of ether oxygens (including phenoxy) is 1. The average molecular weight is 804 g/mol. The Morgan fingerprint density at radius 1 is 0.862 bits per heavy atom. The van der Waals surface area contributed by atoms with Gasteiger partial charge in [0.25, 0.3) is 11.8 Å². The quantitative estimate of drug-likeness (QED) is 0.158. The Hall–Kier alpha value is -4.45. The van der Waals surface area contributed by atoms with Crippen LogP contribution in [0.1, 0.15) is 104 Å². The van der Waals surface area contributed by atoms with Crippen molar-refractivity contribution in [3.63, 3.8) is 0 Å². The van der Waals surface area contributed by atoms with Crippen molar-refractivity contribution in [1.82, 2.24) is 24.0 Å². The Kier molecular flexibility index (Phi) is 10.7. The highest BCUT2D eigenvalue weighted by atomic mass is 32.2. The van der Waals surface area contributed by atoms with Crippen molar-refractivity contribution >= 4 is 38.8 Å². The lowest BCUT2D eigenvalue weighted by Crippen LogP contribution is -2.53. The number of hydrogen-bond acceptors (Lipinski definition) is 7. The smallest absolute Gasteiger partial charge is 0.264 e. The number of likely N-dealkylation sites (N-methyl/N-ethyl adjacent to an activating group) is 1. The molecule has 9 rings (SSSR count). The molecule has 0 radical (unpaired) electrons. The summed E-state index contributed by atoms with van der Waals surface area (Å²) in [4.78, 5) is 35.9. The van der Waals surface area contributed by atoms with E-state index >= 15 is 4.79 Å². The Morgan fingerprint density at radius 2 is 1.60 bits per heavy atom. The molecule has 2 amide bonds. The highest BCUT2D eigenvalue weighted by Crippen LogP contribution is 2.48. The minimum Gasteiger partial charge on any atom is -0.497 e. The topological polar surface area (TPSA) is 104 Å². The molecule has 4 aromatic rings. The summed E-state index contributed by atoms with van der Waals surface area (Å²) in [5.41, 5.74) is 7.54. The number of sulfonamides is 1. The van der Waals surface area contributed by atoms with Gasteiger partial charge in [0.05, 0.1) is 24.6 Å². The molecule has 3 aliphatic heterocycles. The first-order valence-electron chi connectivity index (χ1n) is 21.4. The van der Waals surface area contributed by atoms with E-state index in [1.165, 1.54) is 17.5 Å². The van der Waals surface area contributed by atoms with Gasteiger partial charge in [0.1, 0.15) is 5.75 Å². The van der Waals surface area contributed by atoms with Gasteiger partial charge in [-0.3, -0.25) is 14.5 Å². The molecular formula is C47H57N5O5S. The number of nitrogens with zero attached hydrogens (tertiary/aromatic N) is 4. The molecule has 10 nitrogen and oxygen atoms in total. The van der Waals surface area contributed by atoms with Crippen LogP contribution in [0.5, 0.6) is 5.75 Å². The zero-order valence-corrected chi connectivity index (χ0v) is 35.0. The van der Waals surface area contributed by atoms with Gasteiger partial charge in [-0.05, 0) is 124 Å². The maximum Gasteiger partial charge on any atom is 0.264 e. The van der Waals surface area contributed by atoms with Crippen LogP contribution in [-0.2, 0) is 27.9 Å². The van der Waals surface area contributed by atoms with Gasteiger partial charge in [0.2, 0.25) is 10.0 Å². The molecule has 2 saturated carbocycles. The van der Waals surface area contributed by atoms with Gasteiger partial charge in [-0.15, -0.1) is 0 Å². The van der Waals surface area contributed by atoms with Crippen LogP contribution in [0, 0.1) is 0 Å². The Morgan fingerprint density at radius 3 is 2.29 bits per heavy atom. The first-order valence-corrected chi connectivity index (χ1v) is 23.0. The first kappa shape index (κ1) is 39.0. The van der Waals surface area contributed by atoms with Crippen LogP contribution in [-0.4, -0.2) is 97.2 Å². The number of rotatable bonds is 12. The van der Waals surface area contributed by atoms with E-state index in [0.717, 1.165) is 110 Å². The number of piperidine rings is 1. The number of fused-ring (bicyclic) bond motifs is 7. The summed E-state index contributed by atoms with van der Waals surface area (Å²) in [5.74, 6) is 0.538. The number of benzene rings is 3. The molecule has 11 heteroatoms. The third-order valence-corrected chi connectivity index (χ3v) is 15.4. The molecule has 0 spiro atoms. The fourth-order valence-corrected chi connectivity index (χ4v) is 11.7. The molecule has 5 aliphatic rings. The standard InChI is InChI=1S/C47H57N5O5S/c1-49(2)22-23-50(29-31-10-6-4-7-11-31)38-27-36-15-16-37(28-38)52(36)47(54)35-24-34-25-39(57-3)17-21-41(34)45-44(32-12-8-5-9-13-32)42-20-14-33(26-43(42)51(45)30-35)46(53)48-58(55,56)40-18-19-40/h4,6-7,10-11,14,17,20-21,24-26,32,36-38,40H,5,8-9,12-13,15-16,18-19,22-23,27-30H2,1-3H3,(H,48,53). The van der Waals surface area contributed by atoms with Gasteiger partial charge in [-0.1, -0.05) is 55.7 Å². The summed E-state index contributed by atoms with van der Waals surface area (Å²) in [7, 11) is 2.22. The fourth-order valence-electron chi connectivity index (χ4n) is 10.4. The van der Waals surface area contributed by atoms with E-state index in [2.05, 4.69) is 86.6 Å². The number of aromatic nitrogens is 1. The van der Waals surface area contributed by atoms with Crippen LogP contribution in [0.25, 0.3) is 28.2 Å². The molecule has 4 fully saturated rings. The Labute approximate surface area is 343 Å². The summed E-state index contributed by atoms with van der Waals surface area (Å²) in [6.45, 7) is 3.20. The molecule has 4 heterocycles. The number of amides is 2. The highest BCUT2D eigenvalue weighted by molar-refractivity contribution is 7.91. The van der Waals surface area contributed by atoms with Gasteiger partial charge < -0.3 is 19.1 Å². The SMILES string of the molecule is COc1ccc2c(c1)C=C(C(=O)N1C3CCC1CC(N(CCN(C)C)Cc1ccccc1)C3)Cn1c-2c(C2CCCCC2)c2ccc(C(=O)NS(=O)(=O)C3CC3)cc21. The maximum atomic E-state index is 15.2. The maximum absolute atomic E-state index is 15.2. The van der Waals surface area contributed by atoms with E-state index in [-0.39, 0.29) is 18.0 Å². The Balaban J connectivity index is 1.09. The molecule has 2 unspecified atom stereocenters. The number of carbonyl (C=O) groups excluding carboxylic acids is 2. The number of carbonyl (C=O) groups is 2. The highest BCUT2D eigenvalue weighted by Gasteiger charge is 2.46. The molecule has 2 bridgehead atoms. The van der Waals surface area contributed by atoms with Crippen LogP contribution in [0.4, 0.5) is 0 Å². The van der Waals surface area contributed by atoms with E-state index in [4.69, 9.17) is 4.74 Å². The summed E-state index contributed by atoms with van der Waals surface area (Å²) in [5, 5.41) is 0.566. The zero-order chi connectivity index (χ0) is 40.1. The summed E-state index contributed by atoms with van der Waals surface area (Å²) in [6.07, 6.45) is 12.8. The molecule has 3 aromatic carbocycles. The van der Waals surface area contributed by atoms with E-state index in [1.807, 2.05) is 18.2 Å². The summed E-state index contributed by atoms with van der Waals surface area (Å²) >= 11 is 0. The van der Waals surface area contributed by atoms with Gasteiger partial charge >= 0.3 is 0 Å². The summed E-state index contributed by atoms with van der Waals surface area (Å²) in [6, 6.07) is 23.2. The van der Waals surface area contributed by atoms with Crippen LogP contribution in [0.2, 0.25) is 0 Å². The van der Waals surface area contributed by atoms with Gasteiger partial charge in [-0.25, -0.2) is 13.1 Å². The van der Waals surface area contributed by atoms with E-state index in [9.17, 15) is 13.2 Å². The second kappa shape index (κ2) is 16.0. The number of methoxy groups -OCH3 is 1. The van der Waals surface area contributed by atoms with Crippen molar-refractivity contribution < 1.29 is 22.7 Å². The molecule has 2 atom stereocenters. The van der Waals surface area contributed by atoms with Gasteiger partial charge in [0.15, 0.2) is 0 Å². The van der Waals surface area contributed by atoms with Gasteiger partial charge in [0, 0.05) is 65.4 Å². The van der Waals surface area contributed by atoms with Crippen molar-refractivity contribution in [2.24, 2.45) is 0 Å². The van der Waals surface area contributed by atoms with Crippen molar-refractivity contribution in [2.45, 2.75) is 113 Å². The lowest BCUT2D eigenvalue weighted by atomic mass is 9.81. The molecule has 2 aliphatic carbocycles. The van der Waals surface area contributed by atoms with Crippen molar-refractivity contribution in [3.8, 4) is 17.0 Å². The molecule has 58 heavy (non-hydrogen) atoms. The fraction of sp³-hybridized carbons (Fsp3) is 0.489. The molecular weight excluding hydrogens is 747 g/mol. The van der Waals surface area contributed by atoms with Crippen LogP contribution in [0.3, 0.4) is 0 Å². The van der Waals surface area contributed by atoms with E-state index in [1.54, 1.807) is 13.2 Å². The number of hydrogen-bond donors (Lipinski definition) is 1. The van der Waals surface area contributed by atoms with E-state index in [0.29, 0.717) is 36.9 Å². The predicted octanol–water partition coefficient (Wildman–Crippen LogP) is 7.57. The molecule has 306 valence electrons. The monoisotopic (exact) mass is 803 g/mol. The minimum absolute atomic E-state index is 0.0842.